The zero-order chi connectivity index (χ0) is 9.10. The average Bonchev–Trinajstić information content (AvgIpc) is 2.67. The maximum Gasteiger partial charge on any atom is 0.235 e. The van der Waals surface area contributed by atoms with Crippen LogP contribution in [0.4, 0.5) is 0 Å². The van der Waals surface area contributed by atoms with Gasteiger partial charge in [0.15, 0.2) is 6.29 Å². The molecule has 1 aliphatic rings. The van der Waals surface area contributed by atoms with Gasteiger partial charge in [-0.2, -0.15) is 4.98 Å². The largest absolute Gasteiger partial charge is 0.381 e. The van der Waals surface area contributed by atoms with Gasteiger partial charge in [0.2, 0.25) is 11.7 Å². The van der Waals surface area contributed by atoms with Gasteiger partial charge < -0.3 is 9.26 Å². The number of ether oxygens (including phenoxy) is 1. The van der Waals surface area contributed by atoms with E-state index in [1.165, 1.54) is 0 Å². The van der Waals surface area contributed by atoms with E-state index in [1.54, 1.807) is 0 Å². The highest BCUT2D eigenvalue weighted by Crippen LogP contribution is 2.23. The summed E-state index contributed by atoms with van der Waals surface area (Å²) < 4.78 is 10.2. The lowest BCUT2D eigenvalue weighted by Gasteiger charge is -2.17. The van der Waals surface area contributed by atoms with E-state index in [-0.39, 0.29) is 11.7 Å². The van der Waals surface area contributed by atoms with Crippen LogP contribution in [0.1, 0.15) is 35.3 Å². The number of carbonyl (C=O) groups is 1. The molecule has 0 amide bonds. The van der Waals surface area contributed by atoms with Crippen molar-refractivity contribution in [1.29, 1.82) is 0 Å². The summed E-state index contributed by atoms with van der Waals surface area (Å²) in [5.41, 5.74) is 0. The third-order valence-electron chi connectivity index (χ3n) is 2.07. The fourth-order valence-corrected chi connectivity index (χ4v) is 1.40. The summed E-state index contributed by atoms with van der Waals surface area (Å²) >= 11 is 0. The van der Waals surface area contributed by atoms with E-state index in [4.69, 9.17) is 9.26 Å². The van der Waals surface area contributed by atoms with Crippen molar-refractivity contribution in [3.8, 4) is 0 Å². The van der Waals surface area contributed by atoms with Crippen LogP contribution >= 0.6 is 0 Å². The molecule has 1 fully saturated rings. The highest BCUT2D eigenvalue weighted by molar-refractivity contribution is 5.68. The summed E-state index contributed by atoms with van der Waals surface area (Å²) in [6, 6.07) is 0. The summed E-state index contributed by atoms with van der Waals surface area (Å²) in [7, 11) is 0. The molecule has 2 heterocycles. The first-order chi connectivity index (χ1) is 6.40. The first-order valence-corrected chi connectivity index (χ1v) is 4.26. The molecule has 5 heteroatoms. The van der Waals surface area contributed by atoms with Gasteiger partial charge in [0, 0.05) is 6.61 Å². The van der Waals surface area contributed by atoms with Gasteiger partial charge in [-0.25, -0.2) is 0 Å². The lowest BCUT2D eigenvalue weighted by molar-refractivity contribution is 0.0705. The highest BCUT2D eigenvalue weighted by Gasteiger charge is 2.21. The van der Waals surface area contributed by atoms with E-state index in [2.05, 4.69) is 10.1 Å². The van der Waals surface area contributed by atoms with Crippen molar-refractivity contribution < 1.29 is 14.1 Å². The number of hydrogen-bond acceptors (Lipinski definition) is 5. The Hall–Kier alpha value is -1.23. The second-order valence-corrected chi connectivity index (χ2v) is 3.02. The Labute approximate surface area is 75.1 Å². The predicted molar refractivity (Wildman–Crippen MR) is 42.5 cm³/mol. The summed E-state index contributed by atoms with van der Waals surface area (Å²) in [6.45, 7) is 1.41. The molecular formula is C8H10N2O3. The van der Waals surface area contributed by atoms with Crippen LogP contribution in [0.25, 0.3) is 0 Å². The highest BCUT2D eigenvalue weighted by atomic mass is 16.5. The Bertz CT molecular complexity index is 291. The molecule has 70 valence electrons. The summed E-state index contributed by atoms with van der Waals surface area (Å²) in [5, 5.41) is 3.50. The first kappa shape index (κ1) is 8.37. The molecule has 0 aliphatic carbocycles. The fraction of sp³-hybridized carbons (Fsp3) is 0.625. The molecule has 13 heavy (non-hydrogen) atoms. The minimum absolute atomic E-state index is 0.112. The Morgan fingerprint density at radius 2 is 2.46 bits per heavy atom. The van der Waals surface area contributed by atoms with Crippen LogP contribution in [-0.4, -0.2) is 29.6 Å². The summed E-state index contributed by atoms with van der Waals surface area (Å²) in [4.78, 5) is 14.2. The SMILES string of the molecule is O=Cc1noc(C2CCCOC2)n1. The van der Waals surface area contributed by atoms with Crippen LogP contribution in [0, 0.1) is 0 Å². The molecule has 1 aromatic heterocycles. The lowest BCUT2D eigenvalue weighted by atomic mass is 10.0. The normalized spacial score (nSPS) is 22.9. The number of rotatable bonds is 2. The van der Waals surface area contributed by atoms with Crippen LogP contribution in [-0.2, 0) is 4.74 Å². The van der Waals surface area contributed by atoms with Gasteiger partial charge in [-0.1, -0.05) is 5.16 Å². The molecule has 0 aromatic carbocycles. The Kier molecular flexibility index (Phi) is 2.35. The number of hydrogen-bond donors (Lipinski definition) is 0. The first-order valence-electron chi connectivity index (χ1n) is 4.26. The van der Waals surface area contributed by atoms with Crippen LogP contribution in [0.5, 0.6) is 0 Å². The molecule has 1 aromatic rings. The minimum Gasteiger partial charge on any atom is -0.381 e. The van der Waals surface area contributed by atoms with Gasteiger partial charge in [0.05, 0.1) is 12.5 Å². The van der Waals surface area contributed by atoms with Crippen LogP contribution in [0.3, 0.4) is 0 Å². The van der Waals surface area contributed by atoms with Crippen molar-refractivity contribution >= 4 is 6.29 Å². The predicted octanol–water partition coefficient (Wildman–Crippen LogP) is 0.776. The zero-order valence-corrected chi connectivity index (χ0v) is 7.10. The molecular weight excluding hydrogens is 172 g/mol. The van der Waals surface area contributed by atoms with Crippen LogP contribution in [0.2, 0.25) is 0 Å². The van der Waals surface area contributed by atoms with E-state index >= 15 is 0 Å². The van der Waals surface area contributed by atoms with Gasteiger partial charge in [0.1, 0.15) is 0 Å². The quantitative estimate of drug-likeness (QED) is 0.632. The minimum atomic E-state index is 0.112. The number of aldehydes is 1. The smallest absolute Gasteiger partial charge is 0.235 e. The summed E-state index contributed by atoms with van der Waals surface area (Å²) in [6.07, 6.45) is 2.57. The molecule has 1 unspecified atom stereocenters. The van der Waals surface area contributed by atoms with E-state index in [1.807, 2.05) is 0 Å². The topological polar surface area (TPSA) is 65.2 Å². The molecule has 0 radical (unpaired) electrons. The third-order valence-corrected chi connectivity index (χ3v) is 2.07. The molecule has 1 aliphatic heterocycles. The van der Waals surface area contributed by atoms with Gasteiger partial charge >= 0.3 is 0 Å². The third kappa shape index (κ3) is 1.75. The summed E-state index contributed by atoms with van der Waals surface area (Å²) in [5.74, 6) is 0.789. The van der Waals surface area contributed by atoms with E-state index < -0.39 is 0 Å². The van der Waals surface area contributed by atoms with Crippen molar-refractivity contribution in [3.05, 3.63) is 11.7 Å². The molecule has 5 nitrogen and oxygen atoms in total. The van der Waals surface area contributed by atoms with Crippen molar-refractivity contribution in [3.63, 3.8) is 0 Å². The maximum absolute atomic E-state index is 10.3. The average molecular weight is 182 g/mol. The Balaban J connectivity index is 2.09. The van der Waals surface area contributed by atoms with Gasteiger partial charge in [-0.05, 0) is 12.8 Å². The fourth-order valence-electron chi connectivity index (χ4n) is 1.40. The number of carbonyl (C=O) groups excluding carboxylic acids is 1. The number of nitrogens with zero attached hydrogens (tertiary/aromatic N) is 2. The van der Waals surface area contributed by atoms with E-state index in [0.29, 0.717) is 18.8 Å². The number of aromatic nitrogens is 2. The van der Waals surface area contributed by atoms with Gasteiger partial charge in [-0.15, -0.1) is 0 Å². The zero-order valence-electron chi connectivity index (χ0n) is 7.10. The lowest BCUT2D eigenvalue weighted by Crippen LogP contribution is -2.15. The molecule has 1 saturated heterocycles. The Morgan fingerprint density at radius 1 is 1.54 bits per heavy atom. The second-order valence-electron chi connectivity index (χ2n) is 3.02. The molecule has 0 spiro atoms. The van der Waals surface area contributed by atoms with Crippen LogP contribution in [0.15, 0.2) is 4.52 Å². The van der Waals surface area contributed by atoms with Crippen molar-refractivity contribution in [1.82, 2.24) is 10.1 Å². The monoisotopic (exact) mass is 182 g/mol. The maximum atomic E-state index is 10.3. The van der Waals surface area contributed by atoms with E-state index in [9.17, 15) is 4.79 Å². The molecule has 0 N–H and O–H groups in total. The van der Waals surface area contributed by atoms with Crippen molar-refractivity contribution in [2.24, 2.45) is 0 Å². The van der Waals surface area contributed by atoms with Crippen molar-refractivity contribution in [2.45, 2.75) is 18.8 Å². The van der Waals surface area contributed by atoms with E-state index in [0.717, 1.165) is 19.4 Å². The van der Waals surface area contributed by atoms with Crippen LogP contribution < -0.4 is 0 Å². The molecule has 0 saturated carbocycles. The molecule has 2 rings (SSSR count). The van der Waals surface area contributed by atoms with Crippen molar-refractivity contribution in [2.75, 3.05) is 13.2 Å². The standard InChI is InChI=1S/C8H10N2O3/c11-4-7-9-8(13-10-7)6-2-1-3-12-5-6/h4,6H,1-3,5H2. The molecule has 0 bridgehead atoms. The second kappa shape index (κ2) is 3.66. The molecule has 1 atom stereocenters. The Morgan fingerprint density at radius 3 is 3.08 bits per heavy atom. The van der Waals surface area contributed by atoms with Gasteiger partial charge in [-0.3, -0.25) is 4.79 Å². The van der Waals surface area contributed by atoms with Gasteiger partial charge in [0.25, 0.3) is 0 Å².